The fraction of sp³-hybridized carbons (Fsp3) is 0.818. The van der Waals surface area contributed by atoms with E-state index in [4.69, 9.17) is 10.5 Å². The summed E-state index contributed by atoms with van der Waals surface area (Å²) in [5, 5.41) is 5.56. The van der Waals surface area contributed by atoms with Crippen molar-refractivity contribution in [3.8, 4) is 0 Å². The van der Waals surface area contributed by atoms with E-state index in [1.165, 1.54) is 7.11 Å². The van der Waals surface area contributed by atoms with Gasteiger partial charge in [0.05, 0.1) is 6.61 Å². The molecule has 0 radical (unpaired) electrons. The predicted octanol–water partition coefficient (Wildman–Crippen LogP) is -0.698. The molecule has 1 aliphatic heterocycles. The van der Waals surface area contributed by atoms with E-state index in [1.807, 2.05) is 6.92 Å². The highest BCUT2D eigenvalue weighted by molar-refractivity contribution is 5.85. The van der Waals surface area contributed by atoms with Crippen LogP contribution in [0.5, 0.6) is 0 Å². The normalized spacial score (nSPS) is 19.5. The van der Waals surface area contributed by atoms with E-state index in [-0.39, 0.29) is 37.0 Å². The Kier molecular flexibility index (Phi) is 8.46. The first-order valence-electron chi connectivity index (χ1n) is 6.16. The molecular formula is C11H23ClN4O3. The van der Waals surface area contributed by atoms with E-state index >= 15 is 0 Å². The zero-order valence-corrected chi connectivity index (χ0v) is 12.2. The maximum absolute atomic E-state index is 11.7. The minimum Gasteiger partial charge on any atom is -0.383 e. The average Bonchev–Trinajstić information content (AvgIpc) is 2.78. The Morgan fingerprint density at radius 1 is 1.53 bits per heavy atom. The minimum absolute atomic E-state index is 0. The molecule has 1 fully saturated rings. The Morgan fingerprint density at radius 3 is 2.79 bits per heavy atom. The number of carbonyl (C=O) groups is 2. The molecule has 8 heteroatoms. The van der Waals surface area contributed by atoms with E-state index in [1.54, 1.807) is 4.90 Å². The smallest absolute Gasteiger partial charge is 0.317 e. The number of methoxy groups -OCH3 is 1. The lowest BCUT2D eigenvalue weighted by Gasteiger charge is -2.18. The number of halogens is 1. The van der Waals surface area contributed by atoms with Crippen LogP contribution in [-0.2, 0) is 9.53 Å². The third kappa shape index (κ3) is 5.63. The summed E-state index contributed by atoms with van der Waals surface area (Å²) in [6, 6.07) is -0.771. The van der Waals surface area contributed by atoms with Crippen LogP contribution < -0.4 is 16.4 Å². The van der Waals surface area contributed by atoms with Crippen LogP contribution in [0.4, 0.5) is 4.79 Å². The molecule has 1 rings (SSSR count). The van der Waals surface area contributed by atoms with E-state index in [2.05, 4.69) is 10.6 Å². The van der Waals surface area contributed by atoms with Crippen molar-refractivity contribution in [3.63, 3.8) is 0 Å². The average molecular weight is 295 g/mol. The van der Waals surface area contributed by atoms with Crippen molar-refractivity contribution in [2.45, 2.75) is 25.4 Å². The number of carbonyl (C=O) groups excluding carboxylic acids is 2. The van der Waals surface area contributed by atoms with Gasteiger partial charge in [0.15, 0.2) is 0 Å². The summed E-state index contributed by atoms with van der Waals surface area (Å²) in [5.74, 6) is -0.236. The van der Waals surface area contributed by atoms with Crippen LogP contribution in [0.15, 0.2) is 0 Å². The van der Waals surface area contributed by atoms with Crippen LogP contribution in [-0.4, -0.2) is 62.3 Å². The second kappa shape index (κ2) is 8.95. The van der Waals surface area contributed by atoms with Gasteiger partial charge in [-0.3, -0.25) is 4.79 Å². The number of likely N-dealkylation sites (tertiary alicyclic amines) is 1. The molecule has 7 nitrogen and oxygen atoms in total. The number of urea groups is 1. The first-order valence-corrected chi connectivity index (χ1v) is 6.16. The number of amides is 3. The van der Waals surface area contributed by atoms with Crippen LogP contribution in [0, 0.1) is 0 Å². The zero-order chi connectivity index (χ0) is 13.5. The van der Waals surface area contributed by atoms with Gasteiger partial charge < -0.3 is 26.0 Å². The van der Waals surface area contributed by atoms with Gasteiger partial charge in [-0.2, -0.15) is 0 Å². The second-order valence-electron chi connectivity index (χ2n) is 4.34. The molecule has 1 aliphatic rings. The fourth-order valence-corrected chi connectivity index (χ4v) is 1.89. The number of rotatable bonds is 5. The van der Waals surface area contributed by atoms with Crippen molar-refractivity contribution in [3.05, 3.63) is 0 Å². The highest BCUT2D eigenvalue weighted by Gasteiger charge is 2.28. The van der Waals surface area contributed by atoms with Gasteiger partial charge in [-0.25, -0.2) is 4.79 Å². The lowest BCUT2D eigenvalue weighted by molar-refractivity contribution is -0.124. The monoisotopic (exact) mass is 294 g/mol. The highest BCUT2D eigenvalue weighted by atomic mass is 35.5. The summed E-state index contributed by atoms with van der Waals surface area (Å²) in [7, 11) is 1.50. The first kappa shape index (κ1) is 17.9. The quantitative estimate of drug-likeness (QED) is 0.625. The van der Waals surface area contributed by atoms with Crippen LogP contribution in [0.2, 0.25) is 0 Å². The molecule has 0 bridgehead atoms. The number of ether oxygens (including phenoxy) is 1. The molecule has 3 amide bonds. The number of nitrogens with one attached hydrogen (secondary N) is 2. The van der Waals surface area contributed by atoms with Crippen LogP contribution in [0.1, 0.15) is 13.3 Å². The number of nitrogens with two attached hydrogens (primary N) is 1. The van der Waals surface area contributed by atoms with Crippen molar-refractivity contribution in [2.24, 2.45) is 5.73 Å². The third-order valence-electron chi connectivity index (χ3n) is 2.83. The summed E-state index contributed by atoms with van der Waals surface area (Å²) in [4.78, 5) is 24.9. The molecule has 0 spiro atoms. The Hall–Kier alpha value is -1.05. The number of nitrogens with zero attached hydrogens (tertiary/aromatic N) is 1. The molecule has 112 valence electrons. The van der Waals surface area contributed by atoms with Crippen LogP contribution in [0.3, 0.4) is 0 Å². The maximum atomic E-state index is 11.7. The second-order valence-corrected chi connectivity index (χ2v) is 4.34. The molecule has 1 heterocycles. The summed E-state index contributed by atoms with van der Waals surface area (Å²) in [6.07, 6.45) is 0.753. The van der Waals surface area contributed by atoms with E-state index in [0.717, 1.165) is 6.42 Å². The molecule has 1 saturated heterocycles. The molecule has 0 aromatic heterocycles. The SMILES string of the molecule is CCNC(=O)N1CCC(NC(=O)C(N)COC)C1.Cl. The van der Waals surface area contributed by atoms with Gasteiger partial charge in [-0.15, -0.1) is 12.4 Å². The Balaban J connectivity index is 0.00000324. The minimum atomic E-state index is -0.659. The van der Waals surface area contributed by atoms with Gasteiger partial charge in [-0.05, 0) is 13.3 Å². The van der Waals surface area contributed by atoms with Gasteiger partial charge in [0, 0.05) is 32.8 Å². The summed E-state index contributed by atoms with van der Waals surface area (Å²) >= 11 is 0. The molecule has 0 saturated carbocycles. The summed E-state index contributed by atoms with van der Waals surface area (Å²) in [5.41, 5.74) is 5.62. The van der Waals surface area contributed by atoms with Gasteiger partial charge >= 0.3 is 6.03 Å². The molecule has 4 N–H and O–H groups in total. The standard InChI is InChI=1S/C11H22N4O3.ClH/c1-3-13-11(17)15-5-4-8(6-15)14-10(16)9(12)7-18-2;/h8-9H,3-7,12H2,1-2H3,(H,13,17)(H,14,16);1H. The van der Waals surface area contributed by atoms with Crippen LogP contribution in [0.25, 0.3) is 0 Å². The first-order chi connectivity index (χ1) is 8.58. The van der Waals surface area contributed by atoms with Crippen molar-refractivity contribution in [1.82, 2.24) is 15.5 Å². The summed E-state index contributed by atoms with van der Waals surface area (Å²) < 4.78 is 4.82. The van der Waals surface area contributed by atoms with Crippen LogP contribution >= 0.6 is 12.4 Å². The third-order valence-corrected chi connectivity index (χ3v) is 2.83. The predicted molar refractivity (Wildman–Crippen MR) is 74.3 cm³/mol. The molecule has 0 aromatic rings. The van der Waals surface area contributed by atoms with E-state index in [9.17, 15) is 9.59 Å². The molecule has 19 heavy (non-hydrogen) atoms. The molecular weight excluding hydrogens is 272 g/mol. The Bertz CT molecular complexity index is 304. The molecule has 2 atom stereocenters. The lowest BCUT2D eigenvalue weighted by atomic mass is 10.2. The maximum Gasteiger partial charge on any atom is 0.317 e. The van der Waals surface area contributed by atoms with Crippen molar-refractivity contribution >= 4 is 24.3 Å². The van der Waals surface area contributed by atoms with Gasteiger partial charge in [-0.1, -0.05) is 0 Å². The van der Waals surface area contributed by atoms with Crippen molar-refractivity contribution in [2.75, 3.05) is 33.4 Å². The van der Waals surface area contributed by atoms with E-state index in [0.29, 0.717) is 19.6 Å². The molecule has 0 aromatic carbocycles. The van der Waals surface area contributed by atoms with E-state index < -0.39 is 6.04 Å². The topological polar surface area (TPSA) is 96.7 Å². The highest BCUT2D eigenvalue weighted by Crippen LogP contribution is 2.09. The molecule has 0 aliphatic carbocycles. The van der Waals surface area contributed by atoms with Gasteiger partial charge in [0.2, 0.25) is 5.91 Å². The zero-order valence-electron chi connectivity index (χ0n) is 11.3. The largest absolute Gasteiger partial charge is 0.383 e. The lowest BCUT2D eigenvalue weighted by Crippen LogP contribution is -2.48. The number of hydrogen-bond acceptors (Lipinski definition) is 4. The van der Waals surface area contributed by atoms with Gasteiger partial charge in [0.1, 0.15) is 6.04 Å². The van der Waals surface area contributed by atoms with Crippen molar-refractivity contribution < 1.29 is 14.3 Å². The summed E-state index contributed by atoms with van der Waals surface area (Å²) in [6.45, 7) is 3.84. The number of hydrogen-bond donors (Lipinski definition) is 3. The molecule has 2 unspecified atom stereocenters. The Labute approximate surface area is 119 Å². The fourth-order valence-electron chi connectivity index (χ4n) is 1.89. The van der Waals surface area contributed by atoms with Gasteiger partial charge in [0.25, 0.3) is 0 Å². The Morgan fingerprint density at radius 2 is 2.21 bits per heavy atom. The van der Waals surface area contributed by atoms with Crippen molar-refractivity contribution in [1.29, 1.82) is 0 Å².